The number of rotatable bonds is 9. The maximum Gasteiger partial charge on any atom is 0.673 e. The summed E-state index contributed by atoms with van der Waals surface area (Å²) < 4.78 is 234. The van der Waals surface area contributed by atoms with E-state index >= 15 is 0 Å². The first kappa shape index (κ1) is 56.4. The van der Waals surface area contributed by atoms with Gasteiger partial charge in [0, 0.05) is 26.0 Å². The summed E-state index contributed by atoms with van der Waals surface area (Å²) >= 11 is 0. The molecule has 0 aliphatic carbocycles. The molecule has 286 valence electrons. The Morgan fingerprint density at radius 2 is 0.609 bits per heavy atom. The van der Waals surface area contributed by atoms with Crippen LogP contribution in [0.5, 0.6) is 0 Å². The van der Waals surface area contributed by atoms with Crippen molar-refractivity contribution in [2.24, 2.45) is 0 Å². The van der Waals surface area contributed by atoms with Crippen molar-refractivity contribution in [2.45, 2.75) is 58.3 Å². The average Bonchev–Trinajstić information content (AvgIpc) is 3.07. The lowest BCUT2D eigenvalue weighted by molar-refractivity contribution is 0.290. The molecule has 0 saturated carbocycles. The van der Waals surface area contributed by atoms with Gasteiger partial charge in [0.1, 0.15) is 0 Å². The van der Waals surface area contributed by atoms with E-state index in [1.54, 1.807) is 0 Å². The van der Waals surface area contributed by atoms with E-state index in [-0.39, 0.29) is 0 Å². The standard InChI is InChI=1S/C14H28N2.6BF4/c1-3-4-5-6-7-8-9-10-11-16-13-12-15(2)14-16;6*2-1(3,4)5/h12-13H,3-11,14H2,1-2H3;;;;;;/q;6*-1. The fraction of sp³-hybridized carbons (Fsp3) is 0.857. The second-order valence-corrected chi connectivity index (χ2v) is 7.95. The van der Waals surface area contributed by atoms with Gasteiger partial charge >= 0.3 is 43.5 Å². The highest BCUT2D eigenvalue weighted by molar-refractivity contribution is 6.51. The van der Waals surface area contributed by atoms with Crippen LogP contribution in [0.3, 0.4) is 0 Å². The molecule has 1 heterocycles. The van der Waals surface area contributed by atoms with E-state index in [1.807, 2.05) is 0 Å². The molecule has 46 heavy (non-hydrogen) atoms. The lowest BCUT2D eigenvalue weighted by Crippen LogP contribution is -2.23. The van der Waals surface area contributed by atoms with Crippen LogP contribution < -0.4 is 0 Å². The summed E-state index contributed by atoms with van der Waals surface area (Å²) in [5, 5.41) is 0. The van der Waals surface area contributed by atoms with Gasteiger partial charge in [0.25, 0.3) is 0 Å². The van der Waals surface area contributed by atoms with Crippen molar-refractivity contribution in [1.82, 2.24) is 9.80 Å². The molecule has 0 amide bonds. The zero-order chi connectivity index (χ0) is 38.6. The maximum atomic E-state index is 9.75. The molecular weight excluding hydrogens is 717 g/mol. The number of halogens is 24. The fourth-order valence-corrected chi connectivity index (χ4v) is 2.18. The molecule has 0 saturated heterocycles. The highest BCUT2D eigenvalue weighted by atomic mass is 19.5. The van der Waals surface area contributed by atoms with Crippen molar-refractivity contribution in [1.29, 1.82) is 0 Å². The molecule has 0 aromatic heterocycles. The molecule has 0 bridgehead atoms. The third-order valence-corrected chi connectivity index (χ3v) is 3.24. The Morgan fingerprint density at radius 1 is 0.391 bits per heavy atom. The van der Waals surface area contributed by atoms with Gasteiger partial charge in [-0.25, -0.2) is 0 Å². The van der Waals surface area contributed by atoms with E-state index in [0.717, 1.165) is 6.67 Å². The molecule has 0 fully saturated rings. The third kappa shape index (κ3) is 244. The molecule has 1 rings (SSSR count). The Morgan fingerprint density at radius 3 is 0.804 bits per heavy atom. The highest BCUT2D eigenvalue weighted by Crippen LogP contribution is 2.11. The molecule has 32 heteroatoms. The van der Waals surface area contributed by atoms with Crippen molar-refractivity contribution in [2.75, 3.05) is 20.3 Å². The Hall–Kier alpha value is -1.95. The Balaban J connectivity index is -0.000000112. The second kappa shape index (κ2) is 28.1. The van der Waals surface area contributed by atoms with Crippen LogP contribution in [0.1, 0.15) is 58.3 Å². The first-order chi connectivity index (χ1) is 19.8. The van der Waals surface area contributed by atoms with Crippen LogP contribution in [0.4, 0.5) is 104 Å². The van der Waals surface area contributed by atoms with Crippen molar-refractivity contribution >= 4 is 43.5 Å². The molecule has 1 aliphatic heterocycles. The Labute approximate surface area is 248 Å². The first-order valence-electron chi connectivity index (χ1n) is 12.2. The smallest absolute Gasteiger partial charge is 0.418 e. The lowest BCUT2D eigenvalue weighted by atomic mass is 10.1. The van der Waals surface area contributed by atoms with Gasteiger partial charge < -0.3 is 113 Å². The van der Waals surface area contributed by atoms with Crippen LogP contribution in [0.15, 0.2) is 12.4 Å². The molecule has 0 radical (unpaired) electrons. The lowest BCUT2D eigenvalue weighted by Gasteiger charge is -2.17. The molecule has 0 atom stereocenters. The second-order valence-electron chi connectivity index (χ2n) is 7.95. The van der Waals surface area contributed by atoms with Crippen LogP contribution in [0, 0.1) is 0 Å². The van der Waals surface area contributed by atoms with E-state index in [2.05, 4.69) is 36.2 Å². The van der Waals surface area contributed by atoms with E-state index in [9.17, 15) is 104 Å². The molecule has 2 nitrogen and oxygen atoms in total. The van der Waals surface area contributed by atoms with Gasteiger partial charge in [0.05, 0.1) is 6.67 Å². The molecular formula is C14H28B6F24N2-6. The predicted molar refractivity (Wildman–Crippen MR) is 132 cm³/mol. The van der Waals surface area contributed by atoms with Crippen LogP contribution in [-0.2, 0) is 0 Å². The number of hydrogen-bond donors (Lipinski definition) is 0. The van der Waals surface area contributed by atoms with Gasteiger partial charge in [-0.3, -0.25) is 0 Å². The molecule has 0 aromatic rings. The summed E-state index contributed by atoms with van der Waals surface area (Å²) in [6.07, 6.45) is 15.7. The van der Waals surface area contributed by atoms with Gasteiger partial charge in [-0.1, -0.05) is 51.9 Å². The van der Waals surface area contributed by atoms with Gasteiger partial charge in [0.2, 0.25) is 0 Å². The normalized spacial score (nSPS) is 13.1. The van der Waals surface area contributed by atoms with Gasteiger partial charge in [-0.2, -0.15) is 0 Å². The van der Waals surface area contributed by atoms with Crippen molar-refractivity contribution in [3.05, 3.63) is 12.4 Å². The van der Waals surface area contributed by atoms with E-state index < -0.39 is 43.5 Å². The number of hydrogen-bond acceptors (Lipinski definition) is 2. The minimum absolute atomic E-state index is 1.08. The summed E-state index contributed by atoms with van der Waals surface area (Å²) in [6.45, 7) is 4.59. The highest BCUT2D eigenvalue weighted by Gasteiger charge is 2.22. The Kier molecular flexibility index (Phi) is 34.4. The van der Waals surface area contributed by atoms with Gasteiger partial charge in [-0.15, -0.1) is 0 Å². The van der Waals surface area contributed by atoms with E-state index in [0.29, 0.717) is 0 Å². The fourth-order valence-electron chi connectivity index (χ4n) is 2.18. The summed E-state index contributed by atoms with van der Waals surface area (Å²) in [5.74, 6) is 0. The van der Waals surface area contributed by atoms with E-state index in [4.69, 9.17) is 0 Å². The monoisotopic (exact) mass is 746 g/mol. The van der Waals surface area contributed by atoms with Gasteiger partial charge in [-0.05, 0) is 6.42 Å². The summed E-state index contributed by atoms with van der Waals surface area (Å²) in [7, 11) is -33.9. The summed E-state index contributed by atoms with van der Waals surface area (Å²) in [6, 6.07) is 0. The SMILES string of the molecule is CCCCCCCCCCN1C=CN(C)C1.F[B-](F)(F)F.F[B-](F)(F)F.F[B-](F)(F)F.F[B-](F)(F)F.F[B-](F)(F)F.F[B-](F)(F)F. The molecule has 0 N–H and O–H groups in total. The van der Waals surface area contributed by atoms with Crippen molar-refractivity contribution in [3.8, 4) is 0 Å². The number of unbranched alkanes of at least 4 members (excludes halogenated alkanes) is 7. The third-order valence-electron chi connectivity index (χ3n) is 3.24. The molecule has 0 aromatic carbocycles. The Bertz CT molecular complexity index is 548. The largest absolute Gasteiger partial charge is 0.673 e. The minimum Gasteiger partial charge on any atom is -0.418 e. The topological polar surface area (TPSA) is 6.48 Å². The van der Waals surface area contributed by atoms with Crippen LogP contribution in [-0.4, -0.2) is 73.6 Å². The van der Waals surface area contributed by atoms with Gasteiger partial charge in [0.15, 0.2) is 0 Å². The van der Waals surface area contributed by atoms with Crippen LogP contribution in [0.25, 0.3) is 0 Å². The maximum absolute atomic E-state index is 9.75. The summed E-state index contributed by atoms with van der Waals surface area (Å²) in [5.41, 5.74) is 0. The molecule has 1 aliphatic rings. The molecule has 0 spiro atoms. The summed E-state index contributed by atoms with van der Waals surface area (Å²) in [4.78, 5) is 4.63. The predicted octanol–water partition coefficient (Wildman–Crippen LogP) is 11.6. The first-order valence-corrected chi connectivity index (χ1v) is 12.2. The quantitative estimate of drug-likeness (QED) is 0.132. The van der Waals surface area contributed by atoms with Crippen molar-refractivity contribution < 1.29 is 104 Å². The zero-order valence-corrected chi connectivity index (χ0v) is 23.7. The average molecular weight is 745 g/mol. The van der Waals surface area contributed by atoms with Crippen molar-refractivity contribution in [3.63, 3.8) is 0 Å². The van der Waals surface area contributed by atoms with E-state index in [1.165, 1.54) is 57.9 Å². The van der Waals surface area contributed by atoms with Crippen LogP contribution >= 0.6 is 0 Å². The molecule has 0 unspecified atom stereocenters. The number of nitrogens with zero attached hydrogens (tertiary/aromatic N) is 2. The van der Waals surface area contributed by atoms with Crippen LogP contribution in [0.2, 0.25) is 0 Å². The zero-order valence-electron chi connectivity index (χ0n) is 23.7. The minimum atomic E-state index is -6.00.